The molecule has 0 spiro atoms. The Morgan fingerprint density at radius 1 is 1.03 bits per heavy atom. The Hall–Kier alpha value is -3.41. The number of methoxy groups -OCH3 is 1. The first-order valence-electron chi connectivity index (χ1n) is 10.2. The zero-order valence-electron chi connectivity index (χ0n) is 17.3. The smallest absolute Gasteiger partial charge is 0.339 e. The highest BCUT2D eigenvalue weighted by Crippen LogP contribution is 2.28. The number of carbonyl (C=O) groups excluding carboxylic acids is 2. The number of para-hydroxylation sites is 1. The normalized spacial score (nSPS) is 13.3. The highest BCUT2D eigenvalue weighted by atomic mass is 16.5. The molecule has 1 amide bonds. The SMILES string of the molecule is COC(=O)c1ccccc1NC(=O)c1nc(-c2ccc(C)cc2)n2c1CCCCC2. The summed E-state index contributed by atoms with van der Waals surface area (Å²) >= 11 is 0. The molecule has 3 aromatic rings. The zero-order valence-corrected chi connectivity index (χ0v) is 17.3. The number of hydrogen-bond donors (Lipinski definition) is 1. The van der Waals surface area contributed by atoms with Gasteiger partial charge in [-0.25, -0.2) is 9.78 Å². The fourth-order valence-electron chi connectivity index (χ4n) is 3.89. The molecule has 0 aliphatic carbocycles. The fourth-order valence-corrected chi connectivity index (χ4v) is 3.89. The van der Waals surface area contributed by atoms with Crippen LogP contribution in [0.4, 0.5) is 5.69 Å². The number of anilines is 1. The van der Waals surface area contributed by atoms with Gasteiger partial charge in [0.2, 0.25) is 0 Å². The van der Waals surface area contributed by atoms with Crippen LogP contribution in [0.5, 0.6) is 0 Å². The lowest BCUT2D eigenvalue weighted by Gasteiger charge is -2.10. The second-order valence-electron chi connectivity index (χ2n) is 7.55. The third-order valence-corrected chi connectivity index (χ3v) is 5.47. The predicted molar refractivity (Wildman–Crippen MR) is 116 cm³/mol. The van der Waals surface area contributed by atoms with Crippen molar-refractivity contribution in [1.82, 2.24) is 9.55 Å². The van der Waals surface area contributed by atoms with Crippen molar-refractivity contribution in [2.75, 3.05) is 12.4 Å². The minimum Gasteiger partial charge on any atom is -0.465 e. The van der Waals surface area contributed by atoms with Gasteiger partial charge in [0.1, 0.15) is 11.5 Å². The lowest BCUT2D eigenvalue weighted by atomic mass is 10.1. The van der Waals surface area contributed by atoms with Crippen molar-refractivity contribution in [3.63, 3.8) is 0 Å². The van der Waals surface area contributed by atoms with Crippen LogP contribution >= 0.6 is 0 Å². The van der Waals surface area contributed by atoms with Crippen molar-refractivity contribution in [1.29, 1.82) is 0 Å². The van der Waals surface area contributed by atoms with Crippen LogP contribution in [0.3, 0.4) is 0 Å². The first-order chi connectivity index (χ1) is 14.6. The Balaban J connectivity index is 1.73. The molecule has 0 unspecified atom stereocenters. The fraction of sp³-hybridized carbons (Fsp3) is 0.292. The van der Waals surface area contributed by atoms with E-state index < -0.39 is 5.97 Å². The Labute approximate surface area is 175 Å². The quantitative estimate of drug-likeness (QED) is 0.645. The summed E-state index contributed by atoms with van der Waals surface area (Å²) in [6.45, 7) is 2.89. The maximum absolute atomic E-state index is 13.2. The topological polar surface area (TPSA) is 73.2 Å². The standard InChI is InChI=1S/C24H25N3O3/c1-16-11-13-17(14-12-16)22-26-21(20-10-4-3-7-15-27(20)22)23(28)25-19-9-6-5-8-18(19)24(29)30-2/h5-6,8-9,11-14H,3-4,7,10,15H2,1-2H3,(H,25,28). The van der Waals surface area contributed by atoms with Gasteiger partial charge in [-0.2, -0.15) is 0 Å². The van der Waals surface area contributed by atoms with Crippen LogP contribution in [0.1, 0.15) is 51.4 Å². The highest BCUT2D eigenvalue weighted by molar-refractivity contribution is 6.08. The number of hydrogen-bond acceptors (Lipinski definition) is 4. The maximum atomic E-state index is 13.2. The van der Waals surface area contributed by atoms with E-state index in [1.54, 1.807) is 24.3 Å². The summed E-state index contributed by atoms with van der Waals surface area (Å²) in [5, 5.41) is 2.87. The maximum Gasteiger partial charge on any atom is 0.339 e. The molecule has 0 saturated carbocycles. The van der Waals surface area contributed by atoms with Crippen LogP contribution in [0.15, 0.2) is 48.5 Å². The summed E-state index contributed by atoms with van der Waals surface area (Å²) in [4.78, 5) is 30.0. The van der Waals surface area contributed by atoms with E-state index >= 15 is 0 Å². The number of amides is 1. The summed E-state index contributed by atoms with van der Waals surface area (Å²) in [6.07, 6.45) is 4.02. The number of fused-ring (bicyclic) bond motifs is 1. The van der Waals surface area contributed by atoms with E-state index in [0.717, 1.165) is 49.3 Å². The molecule has 30 heavy (non-hydrogen) atoms. The van der Waals surface area contributed by atoms with E-state index in [1.807, 2.05) is 19.1 Å². The van der Waals surface area contributed by atoms with Gasteiger partial charge in [-0.3, -0.25) is 4.79 Å². The average Bonchev–Trinajstić information content (AvgIpc) is 2.95. The minimum absolute atomic E-state index is 0.310. The average molecular weight is 403 g/mol. The molecule has 154 valence electrons. The van der Waals surface area contributed by atoms with Gasteiger partial charge < -0.3 is 14.6 Å². The molecule has 1 aliphatic heterocycles. The van der Waals surface area contributed by atoms with Gasteiger partial charge in [0.25, 0.3) is 5.91 Å². The molecule has 0 atom stereocenters. The molecular formula is C24H25N3O3. The molecule has 4 rings (SSSR count). The van der Waals surface area contributed by atoms with E-state index in [2.05, 4.69) is 22.0 Å². The summed E-state index contributed by atoms with van der Waals surface area (Å²) in [5.41, 5.74) is 4.29. The van der Waals surface area contributed by atoms with Crippen LogP contribution < -0.4 is 5.32 Å². The van der Waals surface area contributed by atoms with Gasteiger partial charge in [0.05, 0.1) is 24.1 Å². The Kier molecular flexibility index (Phi) is 5.65. The number of imidazole rings is 1. The van der Waals surface area contributed by atoms with Crippen LogP contribution in [0.2, 0.25) is 0 Å². The van der Waals surface area contributed by atoms with Gasteiger partial charge in [0.15, 0.2) is 0 Å². The predicted octanol–water partition coefficient (Wildman–Crippen LogP) is 4.62. The Morgan fingerprint density at radius 2 is 1.80 bits per heavy atom. The first kappa shape index (κ1) is 19.9. The number of benzene rings is 2. The molecule has 6 nitrogen and oxygen atoms in total. The molecule has 1 aromatic heterocycles. The minimum atomic E-state index is -0.491. The second-order valence-corrected chi connectivity index (χ2v) is 7.55. The van der Waals surface area contributed by atoms with E-state index in [0.29, 0.717) is 16.9 Å². The summed E-state index contributed by atoms with van der Waals surface area (Å²) in [7, 11) is 1.32. The molecule has 2 heterocycles. The van der Waals surface area contributed by atoms with Crippen LogP contribution in [-0.2, 0) is 17.7 Å². The third-order valence-electron chi connectivity index (χ3n) is 5.47. The third kappa shape index (κ3) is 3.85. The number of esters is 1. The van der Waals surface area contributed by atoms with E-state index in [9.17, 15) is 9.59 Å². The Morgan fingerprint density at radius 3 is 2.57 bits per heavy atom. The lowest BCUT2D eigenvalue weighted by molar-refractivity contribution is 0.0602. The van der Waals surface area contributed by atoms with Crippen LogP contribution in [-0.4, -0.2) is 28.5 Å². The number of aryl methyl sites for hydroxylation is 1. The molecule has 0 radical (unpaired) electrons. The molecule has 0 saturated heterocycles. The number of ether oxygens (including phenoxy) is 1. The van der Waals surface area contributed by atoms with E-state index in [-0.39, 0.29) is 5.91 Å². The number of nitrogens with zero attached hydrogens (tertiary/aromatic N) is 2. The van der Waals surface area contributed by atoms with E-state index in [4.69, 9.17) is 9.72 Å². The van der Waals surface area contributed by atoms with Crippen molar-refractivity contribution in [2.45, 2.75) is 39.2 Å². The first-order valence-corrected chi connectivity index (χ1v) is 10.2. The van der Waals surface area contributed by atoms with Crippen LogP contribution in [0.25, 0.3) is 11.4 Å². The largest absolute Gasteiger partial charge is 0.465 e. The van der Waals surface area contributed by atoms with Gasteiger partial charge in [-0.05, 0) is 38.3 Å². The molecule has 1 aliphatic rings. The van der Waals surface area contributed by atoms with Gasteiger partial charge in [-0.1, -0.05) is 48.4 Å². The zero-order chi connectivity index (χ0) is 21.1. The molecule has 0 bridgehead atoms. The highest BCUT2D eigenvalue weighted by Gasteiger charge is 2.25. The monoisotopic (exact) mass is 403 g/mol. The number of nitrogens with one attached hydrogen (secondary N) is 1. The van der Waals surface area contributed by atoms with Gasteiger partial charge in [0, 0.05) is 12.1 Å². The second kappa shape index (κ2) is 8.53. The van der Waals surface area contributed by atoms with Crippen LogP contribution in [0, 0.1) is 6.92 Å². The molecule has 6 heteroatoms. The number of carbonyl (C=O) groups is 2. The van der Waals surface area contributed by atoms with Crippen molar-refractivity contribution >= 4 is 17.6 Å². The molecular weight excluding hydrogens is 378 g/mol. The van der Waals surface area contributed by atoms with Crippen molar-refractivity contribution in [2.24, 2.45) is 0 Å². The van der Waals surface area contributed by atoms with Crippen molar-refractivity contribution in [3.05, 3.63) is 71.0 Å². The molecule has 0 fully saturated rings. The Bertz CT molecular complexity index is 1080. The summed E-state index contributed by atoms with van der Waals surface area (Å²) in [5.74, 6) is 0.0172. The lowest BCUT2D eigenvalue weighted by Crippen LogP contribution is -2.17. The van der Waals surface area contributed by atoms with Crippen molar-refractivity contribution in [3.8, 4) is 11.4 Å². The molecule has 2 aromatic carbocycles. The van der Waals surface area contributed by atoms with Gasteiger partial charge in [-0.15, -0.1) is 0 Å². The van der Waals surface area contributed by atoms with E-state index in [1.165, 1.54) is 12.7 Å². The van der Waals surface area contributed by atoms with Crippen molar-refractivity contribution < 1.29 is 14.3 Å². The molecule has 1 N–H and O–H groups in total. The number of aromatic nitrogens is 2. The van der Waals surface area contributed by atoms with Gasteiger partial charge >= 0.3 is 5.97 Å². The summed E-state index contributed by atoms with van der Waals surface area (Å²) < 4.78 is 7.01. The summed E-state index contributed by atoms with van der Waals surface area (Å²) in [6, 6.07) is 15.0. The number of rotatable bonds is 4.